The fourth-order valence-corrected chi connectivity index (χ4v) is 3.17. The Balaban J connectivity index is 1.64. The van der Waals surface area contributed by atoms with E-state index in [2.05, 4.69) is 11.4 Å². The van der Waals surface area contributed by atoms with E-state index < -0.39 is 0 Å². The van der Waals surface area contributed by atoms with E-state index in [1.807, 2.05) is 72.8 Å². The molecule has 0 atom stereocenters. The molecular formula is C22H18ClN3. The Morgan fingerprint density at radius 3 is 2.35 bits per heavy atom. The van der Waals surface area contributed by atoms with Gasteiger partial charge < -0.3 is 5.32 Å². The molecule has 0 aliphatic carbocycles. The second-order valence-electron chi connectivity index (χ2n) is 6.05. The van der Waals surface area contributed by atoms with Gasteiger partial charge in [0.15, 0.2) is 5.82 Å². The van der Waals surface area contributed by atoms with Crippen LogP contribution in [0.15, 0.2) is 78.9 Å². The predicted molar refractivity (Wildman–Crippen MR) is 109 cm³/mol. The molecular weight excluding hydrogens is 342 g/mol. The summed E-state index contributed by atoms with van der Waals surface area (Å²) in [7, 11) is 0. The minimum atomic E-state index is 0.726. The van der Waals surface area contributed by atoms with Crippen LogP contribution in [0.25, 0.3) is 22.3 Å². The zero-order valence-electron chi connectivity index (χ0n) is 14.2. The van der Waals surface area contributed by atoms with Gasteiger partial charge in [-0.3, -0.25) is 0 Å². The summed E-state index contributed by atoms with van der Waals surface area (Å²) in [4.78, 5) is 9.48. The number of anilines is 1. The molecule has 1 heterocycles. The molecule has 3 aromatic carbocycles. The summed E-state index contributed by atoms with van der Waals surface area (Å²) in [5.41, 5.74) is 3.07. The summed E-state index contributed by atoms with van der Waals surface area (Å²) in [5.74, 6) is 1.58. The first kappa shape index (κ1) is 16.6. The molecule has 0 saturated carbocycles. The molecule has 0 radical (unpaired) electrons. The van der Waals surface area contributed by atoms with E-state index in [1.54, 1.807) is 0 Å². The molecule has 1 aromatic heterocycles. The third kappa shape index (κ3) is 3.53. The molecule has 0 fully saturated rings. The van der Waals surface area contributed by atoms with E-state index >= 15 is 0 Å². The van der Waals surface area contributed by atoms with Crippen LogP contribution in [0.2, 0.25) is 5.02 Å². The SMILES string of the molecule is Clc1ccccc1CCNc1nc(-c2ccccc2)nc2ccccc12. The van der Waals surface area contributed by atoms with E-state index in [-0.39, 0.29) is 0 Å². The first-order valence-corrected chi connectivity index (χ1v) is 8.98. The molecule has 0 aliphatic rings. The monoisotopic (exact) mass is 359 g/mol. The van der Waals surface area contributed by atoms with Gasteiger partial charge in [-0.1, -0.05) is 72.3 Å². The van der Waals surface area contributed by atoms with Crippen molar-refractivity contribution in [3.63, 3.8) is 0 Å². The normalized spacial score (nSPS) is 10.8. The molecule has 0 aliphatic heterocycles. The van der Waals surface area contributed by atoms with E-state index in [0.29, 0.717) is 0 Å². The van der Waals surface area contributed by atoms with Crippen LogP contribution in [0, 0.1) is 0 Å². The molecule has 128 valence electrons. The van der Waals surface area contributed by atoms with Gasteiger partial charge >= 0.3 is 0 Å². The second kappa shape index (κ2) is 7.54. The largest absolute Gasteiger partial charge is 0.369 e. The maximum atomic E-state index is 6.25. The average Bonchev–Trinajstić information content (AvgIpc) is 2.70. The van der Waals surface area contributed by atoms with Crippen molar-refractivity contribution < 1.29 is 0 Å². The van der Waals surface area contributed by atoms with Crippen molar-refractivity contribution in [2.75, 3.05) is 11.9 Å². The first-order chi connectivity index (χ1) is 12.8. The fourth-order valence-electron chi connectivity index (χ4n) is 2.94. The summed E-state index contributed by atoms with van der Waals surface area (Å²) in [5, 5.41) is 5.28. The number of hydrogen-bond donors (Lipinski definition) is 1. The molecule has 4 rings (SSSR count). The smallest absolute Gasteiger partial charge is 0.162 e. The molecule has 4 heteroatoms. The van der Waals surface area contributed by atoms with Crippen LogP contribution in [0.3, 0.4) is 0 Å². The van der Waals surface area contributed by atoms with Crippen LogP contribution in [-0.2, 0) is 6.42 Å². The molecule has 0 amide bonds. The van der Waals surface area contributed by atoms with Gasteiger partial charge in [0.2, 0.25) is 0 Å². The van der Waals surface area contributed by atoms with Gasteiger partial charge in [-0.2, -0.15) is 0 Å². The van der Waals surface area contributed by atoms with E-state index in [1.165, 1.54) is 0 Å². The van der Waals surface area contributed by atoms with Crippen molar-refractivity contribution in [2.45, 2.75) is 6.42 Å². The molecule has 0 unspecified atom stereocenters. The van der Waals surface area contributed by atoms with Crippen LogP contribution >= 0.6 is 11.6 Å². The lowest BCUT2D eigenvalue weighted by Crippen LogP contribution is -2.08. The third-order valence-corrected chi connectivity index (χ3v) is 4.65. The zero-order valence-corrected chi connectivity index (χ0v) is 14.9. The van der Waals surface area contributed by atoms with Gasteiger partial charge in [0.1, 0.15) is 5.82 Å². The van der Waals surface area contributed by atoms with Gasteiger partial charge in [-0.05, 0) is 30.2 Å². The average molecular weight is 360 g/mol. The van der Waals surface area contributed by atoms with Crippen LogP contribution in [0.1, 0.15) is 5.56 Å². The lowest BCUT2D eigenvalue weighted by atomic mass is 10.1. The molecule has 0 bridgehead atoms. The van der Waals surface area contributed by atoms with Gasteiger partial charge in [-0.25, -0.2) is 9.97 Å². The topological polar surface area (TPSA) is 37.8 Å². The summed E-state index contributed by atoms with van der Waals surface area (Å²) < 4.78 is 0. The highest BCUT2D eigenvalue weighted by Crippen LogP contribution is 2.25. The Bertz CT molecular complexity index is 1030. The predicted octanol–water partition coefficient (Wildman–Crippen LogP) is 5.60. The van der Waals surface area contributed by atoms with Crippen LogP contribution in [-0.4, -0.2) is 16.5 Å². The van der Waals surface area contributed by atoms with Crippen LogP contribution in [0.4, 0.5) is 5.82 Å². The van der Waals surface area contributed by atoms with E-state index in [4.69, 9.17) is 21.6 Å². The highest BCUT2D eigenvalue weighted by Gasteiger charge is 2.09. The Morgan fingerprint density at radius 2 is 1.50 bits per heavy atom. The van der Waals surface area contributed by atoms with Crippen molar-refractivity contribution in [2.24, 2.45) is 0 Å². The van der Waals surface area contributed by atoms with Crippen molar-refractivity contribution in [3.8, 4) is 11.4 Å². The highest BCUT2D eigenvalue weighted by molar-refractivity contribution is 6.31. The first-order valence-electron chi connectivity index (χ1n) is 8.61. The fraction of sp³-hybridized carbons (Fsp3) is 0.0909. The maximum Gasteiger partial charge on any atom is 0.162 e. The summed E-state index contributed by atoms with van der Waals surface area (Å²) in [6.07, 6.45) is 0.832. The number of aromatic nitrogens is 2. The van der Waals surface area contributed by atoms with E-state index in [9.17, 15) is 0 Å². The summed E-state index contributed by atoms with van der Waals surface area (Å²) in [6, 6.07) is 26.0. The van der Waals surface area contributed by atoms with Crippen molar-refractivity contribution in [1.82, 2.24) is 9.97 Å². The number of hydrogen-bond acceptors (Lipinski definition) is 3. The lowest BCUT2D eigenvalue weighted by Gasteiger charge is -2.11. The molecule has 4 aromatic rings. The Kier molecular flexibility index (Phi) is 4.80. The van der Waals surface area contributed by atoms with Crippen molar-refractivity contribution in [3.05, 3.63) is 89.4 Å². The summed E-state index contributed by atoms with van der Waals surface area (Å²) in [6.45, 7) is 0.749. The quantitative estimate of drug-likeness (QED) is 0.503. The van der Waals surface area contributed by atoms with Gasteiger partial charge in [0.25, 0.3) is 0 Å². The van der Waals surface area contributed by atoms with Gasteiger partial charge in [0, 0.05) is 22.5 Å². The minimum Gasteiger partial charge on any atom is -0.369 e. The zero-order chi connectivity index (χ0) is 17.8. The van der Waals surface area contributed by atoms with Gasteiger partial charge in [0.05, 0.1) is 5.52 Å². The number of nitrogens with zero attached hydrogens (tertiary/aromatic N) is 2. The number of nitrogens with one attached hydrogen (secondary N) is 1. The number of para-hydroxylation sites is 1. The van der Waals surface area contributed by atoms with Crippen LogP contribution < -0.4 is 5.32 Å². The number of fused-ring (bicyclic) bond motifs is 1. The lowest BCUT2D eigenvalue weighted by molar-refractivity contribution is 1.01. The Labute approximate surface area is 157 Å². The maximum absolute atomic E-state index is 6.25. The molecule has 0 saturated heterocycles. The Hall–Kier alpha value is -2.91. The standard InChI is InChI=1S/C22H18ClN3/c23-19-12-6-4-8-16(19)14-15-24-22-18-11-5-7-13-20(18)25-21(26-22)17-9-2-1-3-10-17/h1-13H,14-15H2,(H,24,25,26). The molecule has 0 spiro atoms. The van der Waals surface area contributed by atoms with Crippen molar-refractivity contribution >= 4 is 28.3 Å². The molecule has 1 N–H and O–H groups in total. The number of rotatable bonds is 5. The van der Waals surface area contributed by atoms with E-state index in [0.717, 1.165) is 51.7 Å². The molecule has 3 nitrogen and oxygen atoms in total. The minimum absolute atomic E-state index is 0.726. The highest BCUT2D eigenvalue weighted by atomic mass is 35.5. The third-order valence-electron chi connectivity index (χ3n) is 4.28. The molecule has 26 heavy (non-hydrogen) atoms. The Morgan fingerprint density at radius 1 is 0.769 bits per heavy atom. The van der Waals surface area contributed by atoms with Crippen LogP contribution in [0.5, 0.6) is 0 Å². The van der Waals surface area contributed by atoms with Crippen molar-refractivity contribution in [1.29, 1.82) is 0 Å². The summed E-state index contributed by atoms with van der Waals surface area (Å²) >= 11 is 6.25. The van der Waals surface area contributed by atoms with Gasteiger partial charge in [-0.15, -0.1) is 0 Å². The number of halogens is 1. The number of benzene rings is 3. The second-order valence-corrected chi connectivity index (χ2v) is 6.45.